The molecule has 0 aliphatic carbocycles. The summed E-state index contributed by atoms with van der Waals surface area (Å²) in [5.41, 5.74) is 0.986. The van der Waals surface area contributed by atoms with Crippen LogP contribution >= 0.6 is 27.7 Å². The van der Waals surface area contributed by atoms with Gasteiger partial charge in [-0.15, -0.1) is 0 Å². The van der Waals surface area contributed by atoms with Crippen LogP contribution in [0.25, 0.3) is 0 Å². The number of rotatable bonds is 6. The first-order valence-electron chi connectivity index (χ1n) is 6.41. The molecular weight excluding hydrogens is 336 g/mol. The van der Waals surface area contributed by atoms with E-state index in [1.165, 1.54) is 11.8 Å². The second-order valence-electron chi connectivity index (χ2n) is 4.16. The van der Waals surface area contributed by atoms with E-state index in [1.807, 2.05) is 36.6 Å². The summed E-state index contributed by atoms with van der Waals surface area (Å²) in [4.78, 5) is 8.92. The number of nitrogens with zero attached hydrogens (tertiary/aromatic N) is 2. The summed E-state index contributed by atoms with van der Waals surface area (Å²) in [5, 5.41) is 7.36. The van der Waals surface area contributed by atoms with Gasteiger partial charge in [-0.25, -0.2) is 9.97 Å². The zero-order chi connectivity index (χ0) is 14.4. The van der Waals surface area contributed by atoms with E-state index in [0.29, 0.717) is 0 Å². The highest BCUT2D eigenvalue weighted by Crippen LogP contribution is 2.26. The van der Waals surface area contributed by atoms with Gasteiger partial charge in [0.1, 0.15) is 11.6 Å². The van der Waals surface area contributed by atoms with E-state index in [4.69, 9.17) is 0 Å². The third-order valence-electron chi connectivity index (χ3n) is 2.58. The summed E-state index contributed by atoms with van der Waals surface area (Å²) in [6.45, 7) is 3.03. The molecule has 1 aromatic carbocycles. The van der Waals surface area contributed by atoms with Crippen molar-refractivity contribution >= 4 is 45.0 Å². The van der Waals surface area contributed by atoms with Crippen LogP contribution in [-0.2, 0) is 0 Å². The molecule has 0 unspecified atom stereocenters. The van der Waals surface area contributed by atoms with E-state index >= 15 is 0 Å². The molecule has 2 rings (SSSR count). The van der Waals surface area contributed by atoms with Gasteiger partial charge in [0.15, 0.2) is 5.16 Å². The summed E-state index contributed by atoms with van der Waals surface area (Å²) < 4.78 is 1.01. The summed E-state index contributed by atoms with van der Waals surface area (Å²) >= 11 is 5.05. The molecule has 4 nitrogen and oxygen atoms in total. The molecule has 0 fully saturated rings. The maximum atomic E-state index is 4.48. The monoisotopic (exact) mass is 352 g/mol. The highest BCUT2D eigenvalue weighted by Gasteiger charge is 2.05. The van der Waals surface area contributed by atoms with Crippen LogP contribution in [0.2, 0.25) is 0 Å². The topological polar surface area (TPSA) is 49.8 Å². The van der Waals surface area contributed by atoms with Gasteiger partial charge in [0.2, 0.25) is 0 Å². The summed E-state index contributed by atoms with van der Waals surface area (Å²) in [6, 6.07) is 9.89. The molecule has 0 amide bonds. The van der Waals surface area contributed by atoms with Crippen LogP contribution in [0.1, 0.15) is 13.3 Å². The first-order valence-corrected chi connectivity index (χ1v) is 8.43. The lowest BCUT2D eigenvalue weighted by atomic mass is 10.3. The number of halogens is 1. The van der Waals surface area contributed by atoms with Crippen LogP contribution in [-0.4, -0.2) is 22.8 Å². The van der Waals surface area contributed by atoms with Gasteiger partial charge in [0, 0.05) is 17.1 Å². The van der Waals surface area contributed by atoms with Crippen LogP contribution in [0, 0.1) is 0 Å². The van der Waals surface area contributed by atoms with Gasteiger partial charge in [0.05, 0.1) is 5.69 Å². The first-order chi connectivity index (χ1) is 9.72. The lowest BCUT2D eigenvalue weighted by Crippen LogP contribution is -2.05. The molecule has 0 atom stereocenters. The second-order valence-corrected chi connectivity index (χ2v) is 5.78. The minimum atomic E-state index is 0.751. The number of thioether (sulfide) groups is 1. The van der Waals surface area contributed by atoms with Gasteiger partial charge in [-0.1, -0.05) is 30.8 Å². The lowest BCUT2D eigenvalue weighted by Gasteiger charge is -2.11. The van der Waals surface area contributed by atoms with Gasteiger partial charge in [-0.2, -0.15) is 0 Å². The largest absolute Gasteiger partial charge is 0.370 e. The van der Waals surface area contributed by atoms with Crippen LogP contribution in [0.3, 0.4) is 0 Å². The van der Waals surface area contributed by atoms with Gasteiger partial charge >= 0.3 is 0 Å². The fourth-order valence-corrected chi connectivity index (χ4v) is 2.39. The molecule has 0 aliphatic heterocycles. The summed E-state index contributed by atoms with van der Waals surface area (Å²) in [5.74, 6) is 1.63. The van der Waals surface area contributed by atoms with Crippen molar-refractivity contribution in [2.45, 2.75) is 18.5 Å². The number of aromatic nitrogens is 2. The second kappa shape index (κ2) is 7.50. The Balaban J connectivity index is 2.24. The fraction of sp³-hybridized carbons (Fsp3) is 0.286. The van der Waals surface area contributed by atoms with E-state index in [1.54, 1.807) is 0 Å². The van der Waals surface area contributed by atoms with Crippen molar-refractivity contribution < 1.29 is 0 Å². The van der Waals surface area contributed by atoms with Gasteiger partial charge in [-0.05, 0) is 40.7 Å². The zero-order valence-corrected chi connectivity index (χ0v) is 13.9. The van der Waals surface area contributed by atoms with Crippen molar-refractivity contribution in [2.75, 3.05) is 23.4 Å². The molecule has 0 saturated heterocycles. The number of para-hydroxylation sites is 1. The highest BCUT2D eigenvalue weighted by molar-refractivity contribution is 9.10. The number of anilines is 3. The quantitative estimate of drug-likeness (QED) is 0.590. The number of hydrogen-bond donors (Lipinski definition) is 2. The van der Waals surface area contributed by atoms with E-state index in [2.05, 4.69) is 43.5 Å². The third-order valence-corrected chi connectivity index (χ3v) is 3.82. The molecule has 0 saturated carbocycles. The zero-order valence-electron chi connectivity index (χ0n) is 11.5. The standard InChI is InChI=1S/C14H17BrN4S/c1-3-8-16-12-9-13(19-14(18-12)20-2)17-11-7-5-4-6-10(11)15/h4-7,9H,3,8H2,1-2H3,(H2,16,17,18,19). The Morgan fingerprint density at radius 3 is 2.65 bits per heavy atom. The van der Waals surface area contributed by atoms with Crippen LogP contribution < -0.4 is 10.6 Å². The third kappa shape index (κ3) is 4.11. The number of nitrogens with one attached hydrogen (secondary N) is 2. The Labute approximate surface area is 131 Å². The normalized spacial score (nSPS) is 10.3. The Hall–Kier alpha value is -1.27. The Bertz CT molecular complexity index is 577. The summed E-state index contributed by atoms with van der Waals surface area (Å²) in [6.07, 6.45) is 3.03. The van der Waals surface area contributed by atoms with Gasteiger partial charge in [0.25, 0.3) is 0 Å². The molecule has 6 heteroatoms. The van der Waals surface area contributed by atoms with Crippen LogP contribution in [0.5, 0.6) is 0 Å². The predicted octanol–water partition coefficient (Wildman–Crippen LogP) is 4.53. The van der Waals surface area contributed by atoms with Crippen LogP contribution in [0.4, 0.5) is 17.3 Å². The maximum absolute atomic E-state index is 4.48. The molecule has 106 valence electrons. The summed E-state index contributed by atoms with van der Waals surface area (Å²) in [7, 11) is 0. The molecular formula is C14H17BrN4S. The Morgan fingerprint density at radius 1 is 1.20 bits per heavy atom. The molecule has 0 spiro atoms. The van der Waals surface area contributed by atoms with E-state index < -0.39 is 0 Å². The fourth-order valence-electron chi connectivity index (χ4n) is 1.62. The Morgan fingerprint density at radius 2 is 1.95 bits per heavy atom. The van der Waals surface area contributed by atoms with E-state index in [0.717, 1.165) is 39.9 Å². The first kappa shape index (κ1) is 15.1. The van der Waals surface area contributed by atoms with Crippen molar-refractivity contribution in [3.05, 3.63) is 34.8 Å². The van der Waals surface area contributed by atoms with Crippen molar-refractivity contribution in [3.63, 3.8) is 0 Å². The van der Waals surface area contributed by atoms with E-state index in [-0.39, 0.29) is 0 Å². The maximum Gasteiger partial charge on any atom is 0.191 e. The minimum Gasteiger partial charge on any atom is -0.370 e. The van der Waals surface area contributed by atoms with Crippen molar-refractivity contribution in [3.8, 4) is 0 Å². The molecule has 20 heavy (non-hydrogen) atoms. The number of hydrogen-bond acceptors (Lipinski definition) is 5. The lowest BCUT2D eigenvalue weighted by molar-refractivity contribution is 0.929. The SMILES string of the molecule is CCCNc1cc(Nc2ccccc2Br)nc(SC)n1. The molecule has 1 aromatic heterocycles. The van der Waals surface area contributed by atoms with E-state index in [9.17, 15) is 0 Å². The van der Waals surface area contributed by atoms with Gasteiger partial charge < -0.3 is 10.6 Å². The minimum absolute atomic E-state index is 0.751. The van der Waals surface area contributed by atoms with Crippen molar-refractivity contribution in [1.82, 2.24) is 9.97 Å². The average Bonchev–Trinajstić information content (AvgIpc) is 2.47. The molecule has 0 radical (unpaired) electrons. The predicted molar refractivity (Wildman–Crippen MR) is 90.0 cm³/mol. The highest BCUT2D eigenvalue weighted by atomic mass is 79.9. The smallest absolute Gasteiger partial charge is 0.191 e. The van der Waals surface area contributed by atoms with Crippen molar-refractivity contribution in [1.29, 1.82) is 0 Å². The van der Waals surface area contributed by atoms with Gasteiger partial charge in [-0.3, -0.25) is 0 Å². The molecule has 0 aliphatic rings. The molecule has 1 heterocycles. The van der Waals surface area contributed by atoms with Crippen LogP contribution in [0.15, 0.2) is 40.0 Å². The number of benzene rings is 1. The molecule has 0 bridgehead atoms. The average molecular weight is 353 g/mol. The van der Waals surface area contributed by atoms with Crippen molar-refractivity contribution in [2.24, 2.45) is 0 Å². The molecule has 2 N–H and O–H groups in total. The Kier molecular flexibility index (Phi) is 5.67. The molecule has 2 aromatic rings.